The molecule has 88 valence electrons. The molecule has 5 heteroatoms. The molecule has 0 atom stereocenters. The number of ether oxygens (including phenoxy) is 1. The molecule has 0 aromatic carbocycles. The van der Waals surface area contributed by atoms with Gasteiger partial charge in [-0.25, -0.2) is 4.98 Å². The lowest BCUT2D eigenvalue weighted by molar-refractivity contribution is 0.167. The molecule has 1 aromatic rings. The van der Waals surface area contributed by atoms with Gasteiger partial charge in [-0.1, -0.05) is 12.2 Å². The number of anilines is 1. The van der Waals surface area contributed by atoms with Crippen molar-refractivity contribution >= 4 is 5.95 Å². The maximum absolute atomic E-state index is 5.33. The van der Waals surface area contributed by atoms with E-state index in [1.165, 1.54) is 0 Å². The van der Waals surface area contributed by atoms with E-state index >= 15 is 0 Å². The Hall–Kier alpha value is -1.49. The zero-order valence-electron chi connectivity index (χ0n) is 10.1. The first kappa shape index (κ1) is 12.6. The van der Waals surface area contributed by atoms with Gasteiger partial charge in [-0.2, -0.15) is 5.10 Å². The Morgan fingerprint density at radius 1 is 1.31 bits per heavy atom. The molecule has 0 aliphatic rings. The summed E-state index contributed by atoms with van der Waals surface area (Å²) in [6.07, 6.45) is 0. The van der Waals surface area contributed by atoms with E-state index in [-0.39, 0.29) is 0 Å². The molecule has 0 radical (unpaired) electrons. The van der Waals surface area contributed by atoms with Crippen LogP contribution in [0, 0.1) is 13.8 Å². The van der Waals surface area contributed by atoms with Crippen molar-refractivity contribution in [2.45, 2.75) is 20.8 Å². The summed E-state index contributed by atoms with van der Waals surface area (Å²) < 4.78 is 5.33. The minimum atomic E-state index is 0.544. The second-order valence-electron chi connectivity index (χ2n) is 3.74. The smallest absolute Gasteiger partial charge is 0.243 e. The van der Waals surface area contributed by atoms with Crippen molar-refractivity contribution < 1.29 is 4.74 Å². The lowest BCUT2D eigenvalue weighted by Gasteiger charge is -2.06. The molecular weight excluding hydrogens is 204 g/mol. The molecule has 0 amide bonds. The first-order valence-corrected chi connectivity index (χ1v) is 5.23. The van der Waals surface area contributed by atoms with Gasteiger partial charge in [0.1, 0.15) is 0 Å². The van der Waals surface area contributed by atoms with Crippen LogP contribution in [0.5, 0.6) is 0 Å². The van der Waals surface area contributed by atoms with Crippen molar-refractivity contribution in [1.82, 2.24) is 15.2 Å². The average Bonchev–Trinajstić information content (AvgIpc) is 2.22. The van der Waals surface area contributed by atoms with Gasteiger partial charge in [0.2, 0.25) is 5.95 Å². The van der Waals surface area contributed by atoms with Crippen molar-refractivity contribution in [2.24, 2.45) is 0 Å². The zero-order valence-corrected chi connectivity index (χ0v) is 10.1. The highest BCUT2D eigenvalue weighted by Gasteiger charge is 1.99. The summed E-state index contributed by atoms with van der Waals surface area (Å²) in [5.74, 6) is 0.544. The number of nitrogens with zero attached hydrogens (tertiary/aromatic N) is 3. The van der Waals surface area contributed by atoms with E-state index in [1.54, 1.807) is 0 Å². The van der Waals surface area contributed by atoms with Crippen LogP contribution >= 0.6 is 0 Å². The highest BCUT2D eigenvalue weighted by atomic mass is 16.5. The van der Waals surface area contributed by atoms with Crippen molar-refractivity contribution in [1.29, 1.82) is 0 Å². The standard InChI is InChI=1S/C11H18N4O/c1-8(2)7-16-6-5-12-11-13-9(3)10(4)14-15-11/h1,5-7H2,2-4H3,(H,12,13,15). The minimum Gasteiger partial charge on any atom is -0.375 e. The number of hydrogen-bond donors (Lipinski definition) is 1. The van der Waals surface area contributed by atoms with Gasteiger partial charge in [0, 0.05) is 6.54 Å². The van der Waals surface area contributed by atoms with Crippen LogP contribution in [-0.4, -0.2) is 34.9 Å². The SMILES string of the molecule is C=C(C)COCCNc1nnc(C)c(C)n1. The summed E-state index contributed by atoms with van der Waals surface area (Å²) in [4.78, 5) is 4.25. The van der Waals surface area contributed by atoms with E-state index < -0.39 is 0 Å². The summed E-state index contributed by atoms with van der Waals surface area (Å²) in [5, 5.41) is 10.9. The van der Waals surface area contributed by atoms with Crippen molar-refractivity contribution in [3.05, 3.63) is 23.5 Å². The molecule has 5 nitrogen and oxygen atoms in total. The summed E-state index contributed by atoms with van der Waals surface area (Å²) in [7, 11) is 0. The molecule has 0 saturated carbocycles. The summed E-state index contributed by atoms with van der Waals surface area (Å²) in [6, 6.07) is 0. The normalized spacial score (nSPS) is 10.2. The lowest BCUT2D eigenvalue weighted by atomic mass is 10.4. The first-order chi connectivity index (χ1) is 7.59. The largest absolute Gasteiger partial charge is 0.375 e. The van der Waals surface area contributed by atoms with E-state index in [0.29, 0.717) is 25.7 Å². The van der Waals surface area contributed by atoms with E-state index in [1.807, 2.05) is 20.8 Å². The van der Waals surface area contributed by atoms with Gasteiger partial charge in [0.25, 0.3) is 0 Å². The zero-order chi connectivity index (χ0) is 12.0. The van der Waals surface area contributed by atoms with Crippen LogP contribution in [0.25, 0.3) is 0 Å². The fourth-order valence-corrected chi connectivity index (χ4v) is 1.01. The minimum absolute atomic E-state index is 0.544. The van der Waals surface area contributed by atoms with Gasteiger partial charge in [0.15, 0.2) is 0 Å². The molecule has 1 aromatic heterocycles. The molecule has 1 rings (SSSR count). The maximum Gasteiger partial charge on any atom is 0.243 e. The first-order valence-electron chi connectivity index (χ1n) is 5.23. The molecule has 1 heterocycles. The Bertz CT molecular complexity index is 365. The van der Waals surface area contributed by atoms with Gasteiger partial charge >= 0.3 is 0 Å². The van der Waals surface area contributed by atoms with E-state index in [4.69, 9.17) is 4.74 Å². The predicted octanol–water partition coefficient (Wildman–Crippen LogP) is 1.49. The van der Waals surface area contributed by atoms with Crippen LogP contribution < -0.4 is 5.32 Å². The van der Waals surface area contributed by atoms with Gasteiger partial charge in [-0.15, -0.1) is 5.10 Å². The monoisotopic (exact) mass is 222 g/mol. The van der Waals surface area contributed by atoms with Gasteiger partial charge in [-0.05, 0) is 20.8 Å². The Kier molecular flexibility index (Phi) is 4.85. The molecule has 0 aliphatic heterocycles. The third-order valence-corrected chi connectivity index (χ3v) is 1.97. The lowest BCUT2D eigenvalue weighted by Crippen LogP contribution is -2.13. The molecule has 0 spiro atoms. The fraction of sp³-hybridized carbons (Fsp3) is 0.545. The summed E-state index contributed by atoms with van der Waals surface area (Å²) in [5.41, 5.74) is 2.76. The molecule has 0 saturated heterocycles. The van der Waals surface area contributed by atoms with E-state index in [2.05, 4.69) is 27.1 Å². The van der Waals surface area contributed by atoms with Gasteiger partial charge in [-0.3, -0.25) is 0 Å². The maximum atomic E-state index is 5.33. The van der Waals surface area contributed by atoms with Crippen LogP contribution in [0.3, 0.4) is 0 Å². The van der Waals surface area contributed by atoms with E-state index in [9.17, 15) is 0 Å². The van der Waals surface area contributed by atoms with Crippen LogP contribution in [-0.2, 0) is 4.74 Å². The Morgan fingerprint density at radius 2 is 2.06 bits per heavy atom. The fourth-order valence-electron chi connectivity index (χ4n) is 1.01. The molecule has 0 bridgehead atoms. The van der Waals surface area contributed by atoms with Crippen LogP contribution in [0.15, 0.2) is 12.2 Å². The highest BCUT2D eigenvalue weighted by Crippen LogP contribution is 2.01. The van der Waals surface area contributed by atoms with Crippen molar-refractivity contribution in [3.63, 3.8) is 0 Å². The topological polar surface area (TPSA) is 59.9 Å². The number of hydrogen-bond acceptors (Lipinski definition) is 5. The Balaban J connectivity index is 2.27. The highest BCUT2D eigenvalue weighted by molar-refractivity contribution is 5.24. The number of aromatic nitrogens is 3. The number of rotatable bonds is 6. The van der Waals surface area contributed by atoms with Gasteiger partial charge < -0.3 is 10.1 Å². The summed E-state index contributed by atoms with van der Waals surface area (Å²) >= 11 is 0. The molecule has 0 unspecified atom stereocenters. The Labute approximate surface area is 96.0 Å². The van der Waals surface area contributed by atoms with Crippen molar-refractivity contribution in [2.75, 3.05) is 25.1 Å². The molecule has 0 fully saturated rings. The second kappa shape index (κ2) is 6.17. The quantitative estimate of drug-likeness (QED) is 0.583. The molecular formula is C11H18N4O. The summed E-state index contributed by atoms with van der Waals surface area (Å²) in [6.45, 7) is 11.3. The number of aryl methyl sites for hydroxylation is 2. The second-order valence-corrected chi connectivity index (χ2v) is 3.74. The molecule has 1 N–H and O–H groups in total. The molecule has 16 heavy (non-hydrogen) atoms. The van der Waals surface area contributed by atoms with Crippen LogP contribution in [0.4, 0.5) is 5.95 Å². The Morgan fingerprint density at radius 3 is 2.69 bits per heavy atom. The third kappa shape index (κ3) is 4.35. The van der Waals surface area contributed by atoms with E-state index in [0.717, 1.165) is 17.0 Å². The average molecular weight is 222 g/mol. The number of nitrogens with one attached hydrogen (secondary N) is 1. The van der Waals surface area contributed by atoms with Gasteiger partial charge in [0.05, 0.1) is 24.6 Å². The predicted molar refractivity (Wildman–Crippen MR) is 63.4 cm³/mol. The van der Waals surface area contributed by atoms with Crippen LogP contribution in [0.1, 0.15) is 18.3 Å². The van der Waals surface area contributed by atoms with Crippen LogP contribution in [0.2, 0.25) is 0 Å². The van der Waals surface area contributed by atoms with Crippen molar-refractivity contribution in [3.8, 4) is 0 Å². The molecule has 0 aliphatic carbocycles. The third-order valence-electron chi connectivity index (χ3n) is 1.97.